The van der Waals surface area contributed by atoms with Crippen molar-refractivity contribution in [1.29, 1.82) is 0 Å². The molecule has 2 rings (SSSR count). The predicted molar refractivity (Wildman–Crippen MR) is 65.2 cm³/mol. The van der Waals surface area contributed by atoms with Gasteiger partial charge in [0.1, 0.15) is 9.52 Å². The summed E-state index contributed by atoms with van der Waals surface area (Å²) in [6.07, 6.45) is 1.96. The third-order valence-corrected chi connectivity index (χ3v) is 3.18. The van der Waals surface area contributed by atoms with Crippen LogP contribution in [-0.4, -0.2) is 9.78 Å². The molecule has 0 saturated heterocycles. The highest BCUT2D eigenvalue weighted by atomic mass is 127. The largest absolute Gasteiger partial charge is 0.267 e. The SMILES string of the molecule is Cc1cn(Cc2cccc(F)c2)nc1I. The molecule has 15 heavy (non-hydrogen) atoms. The minimum Gasteiger partial charge on any atom is -0.267 e. The summed E-state index contributed by atoms with van der Waals surface area (Å²) in [6.45, 7) is 2.62. The van der Waals surface area contributed by atoms with E-state index in [1.807, 2.05) is 23.9 Å². The van der Waals surface area contributed by atoms with Crippen molar-refractivity contribution >= 4 is 22.6 Å². The summed E-state index contributed by atoms with van der Waals surface area (Å²) in [7, 11) is 0. The summed E-state index contributed by atoms with van der Waals surface area (Å²) in [4.78, 5) is 0. The number of aromatic nitrogens is 2. The van der Waals surface area contributed by atoms with Crippen LogP contribution in [0.25, 0.3) is 0 Å². The Hall–Kier alpha value is -0.910. The predicted octanol–water partition coefficient (Wildman–Crippen LogP) is 2.98. The van der Waals surface area contributed by atoms with Crippen molar-refractivity contribution in [2.24, 2.45) is 0 Å². The van der Waals surface area contributed by atoms with Crippen molar-refractivity contribution in [2.45, 2.75) is 13.5 Å². The summed E-state index contributed by atoms with van der Waals surface area (Å²) in [5.74, 6) is -0.203. The van der Waals surface area contributed by atoms with E-state index in [0.29, 0.717) is 6.54 Å². The van der Waals surface area contributed by atoms with Gasteiger partial charge in [-0.3, -0.25) is 4.68 Å². The fourth-order valence-corrected chi connectivity index (χ4v) is 1.82. The molecule has 1 aromatic carbocycles. The molecule has 0 radical (unpaired) electrons. The monoisotopic (exact) mass is 316 g/mol. The molecule has 2 nitrogen and oxygen atoms in total. The average Bonchev–Trinajstić information content (AvgIpc) is 2.45. The van der Waals surface area contributed by atoms with Crippen LogP contribution in [0, 0.1) is 16.4 Å². The van der Waals surface area contributed by atoms with Gasteiger partial charge < -0.3 is 0 Å². The van der Waals surface area contributed by atoms with Crippen LogP contribution in [0.4, 0.5) is 4.39 Å². The Labute approximate surface area is 101 Å². The van der Waals surface area contributed by atoms with E-state index in [9.17, 15) is 4.39 Å². The van der Waals surface area contributed by atoms with Gasteiger partial charge >= 0.3 is 0 Å². The van der Waals surface area contributed by atoms with Crippen molar-refractivity contribution in [1.82, 2.24) is 9.78 Å². The highest BCUT2D eigenvalue weighted by Gasteiger charge is 2.02. The molecular weight excluding hydrogens is 306 g/mol. The molecule has 0 unspecified atom stereocenters. The number of hydrogen-bond acceptors (Lipinski definition) is 1. The first-order chi connectivity index (χ1) is 7.15. The molecule has 0 fully saturated rings. The van der Waals surface area contributed by atoms with E-state index in [4.69, 9.17) is 0 Å². The first-order valence-corrected chi connectivity index (χ1v) is 5.67. The van der Waals surface area contributed by atoms with Gasteiger partial charge in [0, 0.05) is 11.8 Å². The summed E-state index contributed by atoms with van der Waals surface area (Å²) in [6, 6.07) is 6.59. The van der Waals surface area contributed by atoms with Crippen LogP contribution in [0.15, 0.2) is 30.5 Å². The van der Waals surface area contributed by atoms with Gasteiger partial charge in [0.25, 0.3) is 0 Å². The Morgan fingerprint density at radius 3 is 2.87 bits per heavy atom. The molecule has 1 heterocycles. The Balaban J connectivity index is 2.22. The van der Waals surface area contributed by atoms with E-state index in [2.05, 4.69) is 27.7 Å². The first kappa shape index (κ1) is 10.6. The van der Waals surface area contributed by atoms with E-state index in [0.717, 1.165) is 14.8 Å². The second-order valence-corrected chi connectivity index (χ2v) is 4.45. The van der Waals surface area contributed by atoms with Crippen LogP contribution in [0.3, 0.4) is 0 Å². The fourth-order valence-electron chi connectivity index (χ4n) is 1.40. The number of rotatable bonds is 2. The third-order valence-electron chi connectivity index (χ3n) is 2.12. The zero-order chi connectivity index (χ0) is 10.8. The normalized spacial score (nSPS) is 10.6. The van der Waals surface area contributed by atoms with Crippen LogP contribution in [0.2, 0.25) is 0 Å². The molecule has 0 atom stereocenters. The Morgan fingerprint density at radius 2 is 2.27 bits per heavy atom. The van der Waals surface area contributed by atoms with Crippen LogP contribution in [0.1, 0.15) is 11.1 Å². The molecule has 0 spiro atoms. The molecule has 0 aliphatic heterocycles. The molecule has 0 amide bonds. The molecule has 0 aliphatic rings. The molecule has 0 aliphatic carbocycles. The summed E-state index contributed by atoms with van der Waals surface area (Å²) in [5, 5.41) is 4.32. The Kier molecular flexibility index (Phi) is 3.04. The van der Waals surface area contributed by atoms with Crippen LogP contribution < -0.4 is 0 Å². The van der Waals surface area contributed by atoms with E-state index >= 15 is 0 Å². The summed E-state index contributed by atoms with van der Waals surface area (Å²) in [5.41, 5.74) is 2.07. The first-order valence-electron chi connectivity index (χ1n) is 4.59. The van der Waals surface area contributed by atoms with E-state index in [1.54, 1.807) is 6.07 Å². The van der Waals surface area contributed by atoms with E-state index < -0.39 is 0 Å². The number of aryl methyl sites for hydroxylation is 1. The minimum atomic E-state index is -0.203. The number of hydrogen-bond donors (Lipinski definition) is 0. The lowest BCUT2D eigenvalue weighted by Gasteiger charge is -2.01. The van der Waals surface area contributed by atoms with E-state index in [1.165, 1.54) is 12.1 Å². The van der Waals surface area contributed by atoms with Gasteiger partial charge in [-0.05, 0) is 47.2 Å². The maximum Gasteiger partial charge on any atom is 0.126 e. The minimum absolute atomic E-state index is 0.203. The average molecular weight is 316 g/mol. The number of benzene rings is 1. The lowest BCUT2D eigenvalue weighted by atomic mass is 10.2. The molecule has 0 N–H and O–H groups in total. The molecule has 0 saturated carbocycles. The molecule has 2 aromatic rings. The summed E-state index contributed by atoms with van der Waals surface area (Å²) >= 11 is 2.19. The van der Waals surface area contributed by atoms with Crippen molar-refractivity contribution in [3.05, 3.63) is 51.1 Å². The topological polar surface area (TPSA) is 17.8 Å². The van der Waals surface area contributed by atoms with Gasteiger partial charge in [-0.15, -0.1) is 0 Å². The molecule has 1 aromatic heterocycles. The molecule has 78 valence electrons. The quantitative estimate of drug-likeness (QED) is 0.779. The van der Waals surface area contributed by atoms with Crippen molar-refractivity contribution in [3.8, 4) is 0 Å². The van der Waals surface area contributed by atoms with Gasteiger partial charge in [-0.25, -0.2) is 4.39 Å². The van der Waals surface area contributed by atoms with Gasteiger partial charge in [0.05, 0.1) is 6.54 Å². The second kappa shape index (κ2) is 4.30. The van der Waals surface area contributed by atoms with Crippen LogP contribution >= 0.6 is 22.6 Å². The van der Waals surface area contributed by atoms with Gasteiger partial charge in [0.2, 0.25) is 0 Å². The number of nitrogens with zero attached hydrogens (tertiary/aromatic N) is 2. The number of halogens is 2. The zero-order valence-corrected chi connectivity index (χ0v) is 10.4. The standard InChI is InChI=1S/C11H10FIN2/c1-8-6-15(14-11(8)13)7-9-3-2-4-10(12)5-9/h2-6H,7H2,1H3. The smallest absolute Gasteiger partial charge is 0.126 e. The molecule has 0 bridgehead atoms. The molecule has 4 heteroatoms. The highest BCUT2D eigenvalue weighted by Crippen LogP contribution is 2.10. The van der Waals surface area contributed by atoms with Crippen molar-refractivity contribution in [3.63, 3.8) is 0 Å². The van der Waals surface area contributed by atoms with Gasteiger partial charge in [0.15, 0.2) is 0 Å². The van der Waals surface area contributed by atoms with Crippen LogP contribution in [-0.2, 0) is 6.54 Å². The maximum atomic E-state index is 12.9. The van der Waals surface area contributed by atoms with Gasteiger partial charge in [-0.1, -0.05) is 12.1 Å². The molecular formula is C11H10FIN2. The van der Waals surface area contributed by atoms with Crippen molar-refractivity contribution in [2.75, 3.05) is 0 Å². The maximum absolute atomic E-state index is 12.9. The van der Waals surface area contributed by atoms with Gasteiger partial charge in [-0.2, -0.15) is 5.10 Å². The van der Waals surface area contributed by atoms with Crippen molar-refractivity contribution < 1.29 is 4.39 Å². The zero-order valence-electron chi connectivity index (χ0n) is 8.24. The lowest BCUT2D eigenvalue weighted by molar-refractivity contribution is 0.619. The fraction of sp³-hybridized carbons (Fsp3) is 0.182. The Morgan fingerprint density at radius 1 is 1.47 bits per heavy atom. The Bertz CT molecular complexity index is 460. The third kappa shape index (κ3) is 2.56. The van der Waals surface area contributed by atoms with Crippen LogP contribution in [0.5, 0.6) is 0 Å². The highest BCUT2D eigenvalue weighted by molar-refractivity contribution is 14.1. The lowest BCUT2D eigenvalue weighted by Crippen LogP contribution is -2.00. The van der Waals surface area contributed by atoms with E-state index in [-0.39, 0.29) is 5.82 Å². The summed E-state index contributed by atoms with van der Waals surface area (Å²) < 4.78 is 15.7. The second-order valence-electron chi connectivity index (χ2n) is 3.43.